The molecular weight excluding hydrogens is 506 g/mol. The van der Waals surface area contributed by atoms with Crippen molar-refractivity contribution in [3.8, 4) is 11.5 Å². The number of carbonyl (C=O) groups is 1. The highest BCUT2D eigenvalue weighted by molar-refractivity contribution is 7.92. The Morgan fingerprint density at radius 1 is 0.972 bits per heavy atom. The molecule has 1 atom stereocenters. The molecule has 1 N–H and O–H groups in total. The van der Waals surface area contributed by atoms with Crippen molar-refractivity contribution < 1.29 is 31.1 Å². The normalized spacial score (nSPS) is 15.6. The summed E-state index contributed by atoms with van der Waals surface area (Å²) in [5.74, 6) is 0.548. The van der Waals surface area contributed by atoms with Gasteiger partial charge in [0.2, 0.25) is 26.0 Å². The van der Waals surface area contributed by atoms with Crippen LogP contribution in [0.15, 0.2) is 53.4 Å². The van der Waals surface area contributed by atoms with E-state index in [9.17, 15) is 21.6 Å². The number of benzene rings is 2. The first kappa shape index (κ1) is 27.8. The number of hydrogen-bond donors (Lipinski definition) is 1. The van der Waals surface area contributed by atoms with Gasteiger partial charge in [0.05, 0.1) is 30.5 Å². The van der Waals surface area contributed by atoms with Gasteiger partial charge < -0.3 is 14.8 Å². The van der Waals surface area contributed by atoms with Crippen LogP contribution in [0.2, 0.25) is 0 Å². The number of methoxy groups -OCH3 is 1. The molecule has 10 nitrogen and oxygen atoms in total. The van der Waals surface area contributed by atoms with Crippen LogP contribution in [-0.4, -0.2) is 72.7 Å². The Kier molecular flexibility index (Phi) is 9.20. The van der Waals surface area contributed by atoms with Crippen molar-refractivity contribution in [1.82, 2.24) is 9.62 Å². The van der Waals surface area contributed by atoms with Crippen molar-refractivity contribution in [3.63, 3.8) is 0 Å². The topological polar surface area (TPSA) is 122 Å². The lowest BCUT2D eigenvalue weighted by Gasteiger charge is -2.28. The van der Waals surface area contributed by atoms with Crippen LogP contribution in [0.25, 0.3) is 0 Å². The molecule has 0 spiro atoms. The fourth-order valence-electron chi connectivity index (χ4n) is 3.99. The smallest absolute Gasteiger partial charge is 0.243 e. The van der Waals surface area contributed by atoms with E-state index in [0.29, 0.717) is 30.3 Å². The molecule has 198 valence electrons. The third-order valence-electron chi connectivity index (χ3n) is 5.86. The number of anilines is 1. The van der Waals surface area contributed by atoms with Crippen molar-refractivity contribution >= 4 is 31.6 Å². The number of ether oxygens (including phenoxy) is 2. The van der Waals surface area contributed by atoms with Gasteiger partial charge in [0.15, 0.2) is 0 Å². The Bertz CT molecular complexity index is 1230. The number of piperidine rings is 1. The molecule has 12 heteroatoms. The predicted octanol–water partition coefficient (Wildman–Crippen LogP) is 2.22. The minimum atomic E-state index is -3.73. The maximum atomic E-state index is 12.7. The zero-order valence-corrected chi connectivity index (χ0v) is 22.3. The van der Waals surface area contributed by atoms with E-state index in [1.54, 1.807) is 36.4 Å². The van der Waals surface area contributed by atoms with E-state index >= 15 is 0 Å². The first-order valence-electron chi connectivity index (χ1n) is 11.7. The van der Waals surface area contributed by atoms with Crippen LogP contribution in [0.3, 0.4) is 0 Å². The number of rotatable bonds is 11. The first-order valence-corrected chi connectivity index (χ1v) is 15.0. The summed E-state index contributed by atoms with van der Waals surface area (Å²) >= 11 is 0. The Hall–Kier alpha value is -2.83. The molecule has 1 saturated heterocycles. The molecule has 1 aliphatic heterocycles. The van der Waals surface area contributed by atoms with Crippen LogP contribution in [0.5, 0.6) is 11.5 Å². The van der Waals surface area contributed by atoms with Gasteiger partial charge in [-0.25, -0.2) is 16.8 Å². The lowest BCUT2D eigenvalue weighted by atomic mass is 10.2. The van der Waals surface area contributed by atoms with E-state index < -0.39 is 32.0 Å². The number of hydrogen-bond acceptors (Lipinski definition) is 7. The number of sulfonamides is 2. The van der Waals surface area contributed by atoms with Crippen molar-refractivity contribution in [2.24, 2.45) is 0 Å². The largest absolute Gasteiger partial charge is 0.497 e. The molecule has 3 rings (SSSR count). The van der Waals surface area contributed by atoms with Crippen LogP contribution >= 0.6 is 0 Å². The van der Waals surface area contributed by atoms with Gasteiger partial charge in [0.25, 0.3) is 0 Å². The molecule has 0 saturated carbocycles. The average Bonchev–Trinajstić information content (AvgIpc) is 2.87. The van der Waals surface area contributed by atoms with Crippen LogP contribution in [-0.2, 0) is 24.8 Å². The monoisotopic (exact) mass is 539 g/mol. The lowest BCUT2D eigenvalue weighted by molar-refractivity contribution is -0.121. The van der Waals surface area contributed by atoms with Gasteiger partial charge in [-0.2, -0.15) is 4.31 Å². The van der Waals surface area contributed by atoms with Gasteiger partial charge in [-0.15, -0.1) is 0 Å². The highest BCUT2D eigenvalue weighted by Crippen LogP contribution is 2.24. The van der Waals surface area contributed by atoms with E-state index in [4.69, 9.17) is 9.47 Å². The van der Waals surface area contributed by atoms with Gasteiger partial charge in [-0.3, -0.25) is 9.10 Å². The Labute approximate surface area is 213 Å². The van der Waals surface area contributed by atoms with E-state index in [1.165, 1.54) is 30.5 Å². The molecule has 0 aromatic heterocycles. The van der Waals surface area contributed by atoms with Crippen LogP contribution < -0.4 is 19.1 Å². The first-order chi connectivity index (χ1) is 17.0. The molecule has 36 heavy (non-hydrogen) atoms. The van der Waals surface area contributed by atoms with E-state index in [-0.39, 0.29) is 18.0 Å². The molecule has 0 aliphatic carbocycles. The third-order valence-corrected chi connectivity index (χ3v) is 9.02. The molecule has 1 unspecified atom stereocenters. The third kappa shape index (κ3) is 6.89. The second-order valence-corrected chi connectivity index (χ2v) is 12.3. The molecule has 2 aromatic carbocycles. The summed E-state index contributed by atoms with van der Waals surface area (Å²) < 4.78 is 63.5. The molecule has 1 aliphatic rings. The Balaban J connectivity index is 1.53. The maximum Gasteiger partial charge on any atom is 0.243 e. The standard InChI is InChI=1S/C24H33N3O7S2/c1-19(27(35(3,29)30)20-7-9-21(33-2)10-8-20)24(28)25-15-18-34-22-11-13-23(14-12-22)36(31,32)26-16-5-4-6-17-26/h7-14,19H,4-6,15-18H2,1-3H3,(H,25,28). The number of nitrogens with zero attached hydrogens (tertiary/aromatic N) is 2. The van der Waals surface area contributed by atoms with Crippen molar-refractivity contribution in [3.05, 3.63) is 48.5 Å². The Morgan fingerprint density at radius 3 is 2.11 bits per heavy atom. The Morgan fingerprint density at radius 2 is 1.56 bits per heavy atom. The average molecular weight is 540 g/mol. The van der Waals surface area contributed by atoms with Crippen molar-refractivity contribution in [2.75, 3.05) is 43.9 Å². The van der Waals surface area contributed by atoms with E-state index in [2.05, 4.69) is 5.32 Å². The van der Waals surface area contributed by atoms with E-state index in [0.717, 1.165) is 29.8 Å². The van der Waals surface area contributed by atoms with Crippen molar-refractivity contribution in [2.45, 2.75) is 37.1 Å². The molecule has 0 radical (unpaired) electrons. The molecule has 1 fully saturated rings. The van der Waals surface area contributed by atoms with Crippen LogP contribution in [0.1, 0.15) is 26.2 Å². The second-order valence-electron chi connectivity index (χ2n) is 8.51. The summed E-state index contributed by atoms with van der Waals surface area (Å²) in [6.45, 7) is 2.83. The zero-order valence-electron chi connectivity index (χ0n) is 20.7. The lowest BCUT2D eigenvalue weighted by Crippen LogP contribution is -2.48. The molecule has 2 aromatic rings. The molecule has 0 bridgehead atoms. The van der Waals surface area contributed by atoms with Crippen molar-refractivity contribution in [1.29, 1.82) is 0 Å². The second kappa shape index (κ2) is 11.9. The zero-order chi connectivity index (χ0) is 26.3. The summed E-state index contributed by atoms with van der Waals surface area (Å²) in [5, 5.41) is 2.68. The molecule has 1 amide bonds. The summed E-state index contributed by atoms with van der Waals surface area (Å²) in [6, 6.07) is 11.6. The summed E-state index contributed by atoms with van der Waals surface area (Å²) in [7, 11) is -5.74. The maximum absolute atomic E-state index is 12.7. The van der Waals surface area contributed by atoms with E-state index in [1.807, 2.05) is 0 Å². The van der Waals surface area contributed by atoms with Gasteiger partial charge in [0, 0.05) is 13.1 Å². The quantitative estimate of drug-likeness (QED) is 0.435. The summed E-state index contributed by atoms with van der Waals surface area (Å²) in [6.07, 6.45) is 3.82. The highest BCUT2D eigenvalue weighted by Gasteiger charge is 2.29. The van der Waals surface area contributed by atoms with Gasteiger partial charge in [-0.1, -0.05) is 6.42 Å². The van der Waals surface area contributed by atoms with Gasteiger partial charge in [0.1, 0.15) is 24.1 Å². The number of amides is 1. The minimum Gasteiger partial charge on any atom is -0.497 e. The van der Waals surface area contributed by atoms with Crippen LogP contribution in [0.4, 0.5) is 5.69 Å². The fraction of sp³-hybridized carbons (Fsp3) is 0.458. The number of carbonyl (C=O) groups excluding carboxylic acids is 1. The van der Waals surface area contributed by atoms with Crippen LogP contribution in [0, 0.1) is 0 Å². The number of nitrogens with one attached hydrogen (secondary N) is 1. The SMILES string of the molecule is COc1ccc(N(C(C)C(=O)NCCOc2ccc(S(=O)(=O)N3CCCCC3)cc2)S(C)(=O)=O)cc1. The minimum absolute atomic E-state index is 0.123. The molecular formula is C24H33N3O7S2. The molecule has 1 heterocycles. The summed E-state index contributed by atoms with van der Waals surface area (Å²) in [4.78, 5) is 12.9. The predicted molar refractivity (Wildman–Crippen MR) is 137 cm³/mol. The van der Waals surface area contributed by atoms with Gasteiger partial charge >= 0.3 is 0 Å². The summed E-state index contributed by atoms with van der Waals surface area (Å²) in [5.41, 5.74) is 0.344. The highest BCUT2D eigenvalue weighted by atomic mass is 32.2. The van der Waals surface area contributed by atoms with Gasteiger partial charge in [-0.05, 0) is 68.3 Å². The fourth-order valence-corrected chi connectivity index (χ4v) is 6.68.